The van der Waals surface area contributed by atoms with Crippen molar-refractivity contribution in [3.05, 3.63) is 24.0 Å². The van der Waals surface area contributed by atoms with Crippen molar-refractivity contribution in [1.29, 1.82) is 0 Å². The van der Waals surface area contributed by atoms with E-state index >= 15 is 0 Å². The van der Waals surface area contributed by atoms with E-state index in [2.05, 4.69) is 29.8 Å². The van der Waals surface area contributed by atoms with Gasteiger partial charge in [0.25, 0.3) is 0 Å². The molecule has 16 heavy (non-hydrogen) atoms. The smallest absolute Gasteiger partial charge is 0.0931 e. The van der Waals surface area contributed by atoms with Crippen molar-refractivity contribution < 1.29 is 5.11 Å². The fourth-order valence-corrected chi connectivity index (χ4v) is 2.47. The Morgan fingerprint density at radius 3 is 2.62 bits per heavy atom. The minimum Gasteiger partial charge on any atom is -0.387 e. The van der Waals surface area contributed by atoms with Crippen molar-refractivity contribution in [3.63, 3.8) is 0 Å². The number of hydrogen-bond acceptors (Lipinski definition) is 3. The van der Waals surface area contributed by atoms with Crippen molar-refractivity contribution in [2.45, 2.75) is 39.3 Å². The number of anilines is 1. The molecule has 1 aliphatic rings. The average Bonchev–Trinajstić information content (AvgIpc) is 2.58. The van der Waals surface area contributed by atoms with Crippen LogP contribution in [0, 0.1) is 5.92 Å². The van der Waals surface area contributed by atoms with E-state index in [4.69, 9.17) is 0 Å². The Hall–Kier alpha value is -1.09. The van der Waals surface area contributed by atoms with Crippen LogP contribution in [0.5, 0.6) is 0 Å². The molecule has 2 heterocycles. The van der Waals surface area contributed by atoms with Gasteiger partial charge in [-0.2, -0.15) is 0 Å². The summed E-state index contributed by atoms with van der Waals surface area (Å²) in [5.41, 5.74) is 1.91. The van der Waals surface area contributed by atoms with Gasteiger partial charge in [-0.3, -0.25) is 4.98 Å². The molecule has 1 N–H and O–H groups in total. The van der Waals surface area contributed by atoms with Crippen LogP contribution in [0.1, 0.15) is 39.0 Å². The molecule has 1 aliphatic heterocycles. The largest absolute Gasteiger partial charge is 0.387 e. The summed E-state index contributed by atoms with van der Waals surface area (Å²) in [5, 5.41) is 9.40. The third-order valence-corrected chi connectivity index (χ3v) is 3.31. The lowest BCUT2D eigenvalue weighted by atomic mass is 10.1. The predicted molar refractivity (Wildman–Crippen MR) is 65.5 cm³/mol. The highest BCUT2D eigenvalue weighted by atomic mass is 16.3. The fraction of sp³-hybridized carbons (Fsp3) is 0.615. The van der Waals surface area contributed by atoms with Crippen molar-refractivity contribution in [3.8, 4) is 0 Å². The Labute approximate surface area is 97.1 Å². The van der Waals surface area contributed by atoms with E-state index in [9.17, 15) is 5.11 Å². The summed E-state index contributed by atoms with van der Waals surface area (Å²) in [7, 11) is 0. The molecular weight excluding hydrogens is 200 g/mol. The van der Waals surface area contributed by atoms with Gasteiger partial charge in [0, 0.05) is 12.6 Å². The molecule has 88 valence electrons. The minimum absolute atomic E-state index is 0.482. The van der Waals surface area contributed by atoms with Crippen LogP contribution in [-0.4, -0.2) is 22.7 Å². The maximum atomic E-state index is 9.40. The van der Waals surface area contributed by atoms with Crippen LogP contribution in [0.3, 0.4) is 0 Å². The highest BCUT2D eigenvalue weighted by Gasteiger charge is 2.26. The van der Waals surface area contributed by atoms with Crippen LogP contribution in [-0.2, 0) is 0 Å². The van der Waals surface area contributed by atoms with Gasteiger partial charge in [-0.15, -0.1) is 0 Å². The monoisotopic (exact) mass is 220 g/mol. The predicted octanol–water partition coefficient (Wildman–Crippen LogP) is 2.37. The Bertz CT molecular complexity index is 347. The number of aromatic nitrogens is 1. The molecule has 1 saturated heterocycles. The van der Waals surface area contributed by atoms with Gasteiger partial charge in [-0.05, 0) is 38.3 Å². The standard InChI is InChI=1S/C13H20N2O/c1-9-6-10(2)15(8-9)12-4-5-13(11(3)16)14-7-12/h4-5,7,9-11,16H,6,8H2,1-3H3. The Morgan fingerprint density at radius 1 is 1.44 bits per heavy atom. The van der Waals surface area contributed by atoms with E-state index < -0.39 is 6.10 Å². The maximum absolute atomic E-state index is 9.40. The molecule has 1 aromatic rings. The third kappa shape index (κ3) is 2.19. The molecule has 0 spiro atoms. The van der Waals surface area contributed by atoms with E-state index in [1.54, 1.807) is 6.92 Å². The SMILES string of the molecule is CC1CC(C)N(c2ccc(C(C)O)nc2)C1. The molecule has 3 atom stereocenters. The van der Waals surface area contributed by atoms with Gasteiger partial charge < -0.3 is 10.0 Å². The maximum Gasteiger partial charge on any atom is 0.0931 e. The summed E-state index contributed by atoms with van der Waals surface area (Å²) in [6, 6.07) is 4.56. The first-order chi connectivity index (χ1) is 7.58. The molecule has 0 aromatic carbocycles. The first-order valence-electron chi connectivity index (χ1n) is 5.98. The number of rotatable bonds is 2. The molecule has 1 aromatic heterocycles. The summed E-state index contributed by atoms with van der Waals surface area (Å²) in [5.74, 6) is 0.756. The van der Waals surface area contributed by atoms with Crippen molar-refractivity contribution >= 4 is 5.69 Å². The molecule has 2 rings (SSSR count). The zero-order valence-corrected chi connectivity index (χ0v) is 10.2. The van der Waals surface area contributed by atoms with Gasteiger partial charge in [0.1, 0.15) is 0 Å². The topological polar surface area (TPSA) is 36.4 Å². The van der Waals surface area contributed by atoms with Crippen molar-refractivity contribution in [2.75, 3.05) is 11.4 Å². The van der Waals surface area contributed by atoms with E-state index in [-0.39, 0.29) is 0 Å². The lowest BCUT2D eigenvalue weighted by Crippen LogP contribution is -2.26. The van der Waals surface area contributed by atoms with E-state index in [1.165, 1.54) is 12.1 Å². The summed E-state index contributed by atoms with van der Waals surface area (Å²) >= 11 is 0. The van der Waals surface area contributed by atoms with Crippen molar-refractivity contribution in [1.82, 2.24) is 4.98 Å². The fourth-order valence-electron chi connectivity index (χ4n) is 2.47. The zero-order chi connectivity index (χ0) is 11.7. The van der Waals surface area contributed by atoms with Crippen LogP contribution in [0.4, 0.5) is 5.69 Å². The van der Waals surface area contributed by atoms with E-state index in [1.807, 2.05) is 12.3 Å². The number of hydrogen-bond donors (Lipinski definition) is 1. The Balaban J connectivity index is 2.15. The number of aliphatic hydroxyl groups is 1. The molecular formula is C13H20N2O. The highest BCUT2D eigenvalue weighted by molar-refractivity contribution is 5.47. The zero-order valence-electron chi connectivity index (χ0n) is 10.2. The summed E-state index contributed by atoms with van der Waals surface area (Å²) < 4.78 is 0. The van der Waals surface area contributed by atoms with Crippen molar-refractivity contribution in [2.24, 2.45) is 5.92 Å². The molecule has 0 saturated carbocycles. The molecule has 3 nitrogen and oxygen atoms in total. The Kier molecular flexibility index (Phi) is 3.15. The van der Waals surface area contributed by atoms with Crippen LogP contribution < -0.4 is 4.90 Å². The van der Waals surface area contributed by atoms with Gasteiger partial charge in [0.15, 0.2) is 0 Å². The van der Waals surface area contributed by atoms with E-state index in [0.29, 0.717) is 6.04 Å². The molecule has 0 bridgehead atoms. The first-order valence-corrected chi connectivity index (χ1v) is 5.98. The first kappa shape index (κ1) is 11.4. The lowest BCUT2D eigenvalue weighted by Gasteiger charge is -2.23. The van der Waals surface area contributed by atoms with Gasteiger partial charge in [-0.1, -0.05) is 6.92 Å². The molecule has 3 unspecified atom stereocenters. The molecule has 1 fully saturated rings. The molecule has 0 radical (unpaired) electrons. The number of nitrogens with zero attached hydrogens (tertiary/aromatic N) is 2. The number of aliphatic hydroxyl groups excluding tert-OH is 1. The summed E-state index contributed by atoms with van der Waals surface area (Å²) in [6.45, 7) is 7.39. The summed E-state index contributed by atoms with van der Waals surface area (Å²) in [4.78, 5) is 6.68. The van der Waals surface area contributed by atoms with Crippen LogP contribution in [0.15, 0.2) is 18.3 Å². The molecule has 0 amide bonds. The van der Waals surface area contributed by atoms with E-state index in [0.717, 1.165) is 18.2 Å². The normalized spacial score (nSPS) is 27.1. The minimum atomic E-state index is -0.482. The van der Waals surface area contributed by atoms with Gasteiger partial charge >= 0.3 is 0 Å². The van der Waals surface area contributed by atoms with Gasteiger partial charge in [-0.25, -0.2) is 0 Å². The summed E-state index contributed by atoms with van der Waals surface area (Å²) in [6.07, 6.45) is 2.64. The van der Waals surface area contributed by atoms with Gasteiger partial charge in [0.2, 0.25) is 0 Å². The quantitative estimate of drug-likeness (QED) is 0.831. The van der Waals surface area contributed by atoms with Crippen LogP contribution >= 0.6 is 0 Å². The second-order valence-electron chi connectivity index (χ2n) is 4.96. The lowest BCUT2D eigenvalue weighted by molar-refractivity contribution is 0.194. The third-order valence-electron chi connectivity index (χ3n) is 3.31. The second kappa shape index (κ2) is 4.42. The average molecular weight is 220 g/mol. The highest BCUT2D eigenvalue weighted by Crippen LogP contribution is 2.28. The second-order valence-corrected chi connectivity index (χ2v) is 4.96. The Morgan fingerprint density at radius 2 is 2.19 bits per heavy atom. The molecule has 0 aliphatic carbocycles. The molecule has 3 heteroatoms. The van der Waals surface area contributed by atoms with Crippen LogP contribution in [0.2, 0.25) is 0 Å². The van der Waals surface area contributed by atoms with Gasteiger partial charge in [0.05, 0.1) is 23.7 Å². The van der Waals surface area contributed by atoms with Crippen LogP contribution in [0.25, 0.3) is 0 Å². The number of pyridine rings is 1.